The normalized spacial score (nSPS) is 20.2. The zero-order valence-electron chi connectivity index (χ0n) is 11.2. The lowest BCUT2D eigenvalue weighted by Crippen LogP contribution is -2.34. The van der Waals surface area contributed by atoms with Gasteiger partial charge in [0.25, 0.3) is 6.01 Å². The van der Waals surface area contributed by atoms with Gasteiger partial charge in [-0.3, -0.25) is 4.90 Å². The number of hydrogen-bond donors (Lipinski definition) is 2. The Bertz CT molecular complexity index is 566. The molecule has 1 aromatic heterocycles. The van der Waals surface area contributed by atoms with E-state index in [1.807, 2.05) is 18.2 Å². The van der Waals surface area contributed by atoms with Crippen LogP contribution >= 0.6 is 0 Å². The predicted octanol–water partition coefficient (Wildman–Crippen LogP) is 2.31. The maximum Gasteiger partial charge on any atom is 0.295 e. The Morgan fingerprint density at radius 3 is 3.26 bits per heavy atom. The molecule has 1 aliphatic rings. The molecule has 2 aromatic rings. The maximum atomic E-state index is 5.73. The van der Waals surface area contributed by atoms with Crippen LogP contribution in [0.2, 0.25) is 0 Å². The van der Waals surface area contributed by atoms with Gasteiger partial charge in [0.2, 0.25) is 0 Å². The number of likely N-dealkylation sites (N-methyl/N-ethyl adjacent to an activating group) is 1. The molecule has 1 aromatic carbocycles. The number of rotatable bonds is 4. The van der Waals surface area contributed by atoms with Gasteiger partial charge in [-0.15, -0.1) is 0 Å². The van der Waals surface area contributed by atoms with E-state index in [-0.39, 0.29) is 0 Å². The maximum absolute atomic E-state index is 5.73. The Balaban J connectivity index is 1.68. The van der Waals surface area contributed by atoms with E-state index >= 15 is 0 Å². The summed E-state index contributed by atoms with van der Waals surface area (Å²) in [5.74, 6) is 0. The third kappa shape index (κ3) is 2.51. The van der Waals surface area contributed by atoms with Crippen LogP contribution in [-0.2, 0) is 0 Å². The third-order valence-electron chi connectivity index (χ3n) is 3.81. The van der Waals surface area contributed by atoms with Gasteiger partial charge in [-0.25, -0.2) is 0 Å². The monoisotopic (exact) mass is 260 g/mol. The molecule has 5 nitrogen and oxygen atoms in total. The molecule has 3 rings (SSSR count). The summed E-state index contributed by atoms with van der Waals surface area (Å²) >= 11 is 0. The highest BCUT2D eigenvalue weighted by Gasteiger charge is 2.22. The number of anilines is 2. The molecule has 0 bridgehead atoms. The Morgan fingerprint density at radius 2 is 2.42 bits per heavy atom. The van der Waals surface area contributed by atoms with Gasteiger partial charge < -0.3 is 15.5 Å². The van der Waals surface area contributed by atoms with E-state index in [1.54, 1.807) is 0 Å². The summed E-state index contributed by atoms with van der Waals surface area (Å²) in [7, 11) is 0. The highest BCUT2D eigenvalue weighted by Crippen LogP contribution is 2.22. The van der Waals surface area contributed by atoms with Crippen molar-refractivity contribution < 1.29 is 4.42 Å². The second-order valence-corrected chi connectivity index (χ2v) is 5.05. The molecule has 1 saturated heterocycles. The molecule has 1 aliphatic heterocycles. The van der Waals surface area contributed by atoms with Crippen molar-refractivity contribution in [3.63, 3.8) is 0 Å². The van der Waals surface area contributed by atoms with Crippen LogP contribution in [0.3, 0.4) is 0 Å². The Hall–Kier alpha value is -1.75. The van der Waals surface area contributed by atoms with E-state index in [0.717, 1.165) is 24.2 Å². The lowest BCUT2D eigenvalue weighted by molar-refractivity contribution is 0.276. The van der Waals surface area contributed by atoms with E-state index in [1.165, 1.54) is 19.4 Å². The highest BCUT2D eigenvalue weighted by molar-refractivity contribution is 5.78. The van der Waals surface area contributed by atoms with Crippen LogP contribution in [0.4, 0.5) is 11.7 Å². The van der Waals surface area contributed by atoms with Gasteiger partial charge in [-0.05, 0) is 44.1 Å². The molecular weight excluding hydrogens is 240 g/mol. The fourth-order valence-corrected chi connectivity index (χ4v) is 2.77. The second kappa shape index (κ2) is 5.09. The molecule has 1 unspecified atom stereocenters. The molecule has 102 valence electrons. The Morgan fingerprint density at radius 1 is 1.53 bits per heavy atom. The van der Waals surface area contributed by atoms with Crippen molar-refractivity contribution in [3.05, 3.63) is 18.2 Å². The molecule has 2 heterocycles. The number of oxazole rings is 1. The fraction of sp³-hybridized carbons (Fsp3) is 0.500. The summed E-state index contributed by atoms with van der Waals surface area (Å²) in [6.45, 7) is 5.40. The molecule has 0 aliphatic carbocycles. The molecule has 1 fully saturated rings. The SMILES string of the molecule is CCN1CCCC1CNc1nc2cc(N)ccc2o1. The van der Waals surface area contributed by atoms with E-state index in [2.05, 4.69) is 22.1 Å². The smallest absolute Gasteiger partial charge is 0.295 e. The number of nitrogens with two attached hydrogens (primary N) is 1. The number of benzene rings is 1. The van der Waals surface area contributed by atoms with E-state index < -0.39 is 0 Å². The van der Waals surface area contributed by atoms with Crippen molar-refractivity contribution in [3.8, 4) is 0 Å². The quantitative estimate of drug-likeness (QED) is 0.826. The minimum Gasteiger partial charge on any atom is -0.424 e. The summed E-state index contributed by atoms with van der Waals surface area (Å²) in [6, 6.07) is 6.69. The van der Waals surface area contributed by atoms with Gasteiger partial charge >= 0.3 is 0 Å². The van der Waals surface area contributed by atoms with Crippen LogP contribution < -0.4 is 11.1 Å². The average molecular weight is 260 g/mol. The molecule has 0 radical (unpaired) electrons. The zero-order valence-corrected chi connectivity index (χ0v) is 11.2. The van der Waals surface area contributed by atoms with Crippen LogP contribution in [0.5, 0.6) is 0 Å². The fourth-order valence-electron chi connectivity index (χ4n) is 2.77. The predicted molar refractivity (Wildman–Crippen MR) is 77.2 cm³/mol. The van der Waals surface area contributed by atoms with Crippen LogP contribution in [0.1, 0.15) is 19.8 Å². The van der Waals surface area contributed by atoms with Crippen molar-refractivity contribution >= 4 is 22.8 Å². The van der Waals surface area contributed by atoms with Gasteiger partial charge in [-0.1, -0.05) is 6.92 Å². The summed E-state index contributed by atoms with van der Waals surface area (Å²) in [6.07, 6.45) is 2.53. The van der Waals surface area contributed by atoms with Crippen molar-refractivity contribution in [2.24, 2.45) is 0 Å². The van der Waals surface area contributed by atoms with Crippen LogP contribution in [-0.4, -0.2) is 35.6 Å². The number of nitrogens with zero attached hydrogens (tertiary/aromatic N) is 2. The molecule has 0 saturated carbocycles. The van der Waals surface area contributed by atoms with Gasteiger partial charge in [0.15, 0.2) is 5.58 Å². The van der Waals surface area contributed by atoms with Crippen molar-refractivity contribution in [2.75, 3.05) is 30.7 Å². The number of likely N-dealkylation sites (tertiary alicyclic amines) is 1. The Labute approximate surface area is 112 Å². The lowest BCUT2D eigenvalue weighted by Gasteiger charge is -2.22. The van der Waals surface area contributed by atoms with Gasteiger partial charge in [-0.2, -0.15) is 4.98 Å². The number of hydrogen-bond acceptors (Lipinski definition) is 5. The number of nitrogen functional groups attached to an aromatic ring is 1. The first-order valence-electron chi connectivity index (χ1n) is 6.90. The molecular formula is C14H20N4O. The first-order chi connectivity index (χ1) is 9.26. The summed E-state index contributed by atoms with van der Waals surface area (Å²) in [4.78, 5) is 6.90. The van der Waals surface area contributed by atoms with Crippen LogP contribution in [0, 0.1) is 0 Å². The highest BCUT2D eigenvalue weighted by atomic mass is 16.4. The second-order valence-electron chi connectivity index (χ2n) is 5.05. The van der Waals surface area contributed by atoms with E-state index in [4.69, 9.17) is 10.2 Å². The van der Waals surface area contributed by atoms with Crippen molar-refractivity contribution in [1.29, 1.82) is 0 Å². The summed E-state index contributed by atoms with van der Waals surface area (Å²) < 4.78 is 5.66. The molecule has 0 amide bonds. The van der Waals surface area contributed by atoms with Crippen LogP contribution in [0.25, 0.3) is 11.1 Å². The third-order valence-corrected chi connectivity index (χ3v) is 3.81. The van der Waals surface area contributed by atoms with Gasteiger partial charge in [0.05, 0.1) is 0 Å². The molecule has 1 atom stereocenters. The van der Waals surface area contributed by atoms with Crippen molar-refractivity contribution in [2.45, 2.75) is 25.8 Å². The first-order valence-corrected chi connectivity index (χ1v) is 6.90. The van der Waals surface area contributed by atoms with Gasteiger partial charge in [0.1, 0.15) is 5.52 Å². The first kappa shape index (κ1) is 12.3. The largest absolute Gasteiger partial charge is 0.424 e. The molecule has 19 heavy (non-hydrogen) atoms. The van der Waals surface area contributed by atoms with Gasteiger partial charge in [0, 0.05) is 18.3 Å². The minimum atomic E-state index is 0.587. The number of aromatic nitrogens is 1. The molecule has 5 heteroatoms. The zero-order chi connectivity index (χ0) is 13.2. The summed E-state index contributed by atoms with van der Waals surface area (Å²) in [5, 5.41) is 3.30. The van der Waals surface area contributed by atoms with E-state index in [0.29, 0.717) is 17.7 Å². The van der Waals surface area contributed by atoms with E-state index in [9.17, 15) is 0 Å². The number of fused-ring (bicyclic) bond motifs is 1. The lowest BCUT2D eigenvalue weighted by atomic mass is 10.2. The standard InChI is InChI=1S/C14H20N4O/c1-2-18-7-3-4-11(18)9-16-14-17-12-8-10(15)5-6-13(12)19-14/h5-6,8,11H,2-4,7,9,15H2,1H3,(H,16,17). The van der Waals surface area contributed by atoms with Crippen molar-refractivity contribution in [1.82, 2.24) is 9.88 Å². The molecule has 0 spiro atoms. The Kier molecular flexibility index (Phi) is 3.29. The average Bonchev–Trinajstić information content (AvgIpc) is 3.01. The van der Waals surface area contributed by atoms with Crippen LogP contribution in [0.15, 0.2) is 22.6 Å². The number of nitrogens with one attached hydrogen (secondary N) is 1. The minimum absolute atomic E-state index is 0.587. The summed E-state index contributed by atoms with van der Waals surface area (Å²) in [5.41, 5.74) is 8.02. The molecule has 3 N–H and O–H groups in total. The topological polar surface area (TPSA) is 67.3 Å².